The highest BCUT2D eigenvalue weighted by Crippen LogP contribution is 2.05. The summed E-state index contributed by atoms with van der Waals surface area (Å²) in [6, 6.07) is 2.99. The molecule has 0 aliphatic heterocycles. The number of nitrogens with one attached hydrogen (secondary N) is 2. The monoisotopic (exact) mass is 153 g/mol. The molecule has 0 radical (unpaired) electrons. The van der Waals surface area contributed by atoms with Gasteiger partial charge in [0.15, 0.2) is 0 Å². The molecule has 0 spiro atoms. The first-order valence-electron chi connectivity index (χ1n) is 3.36. The fourth-order valence-corrected chi connectivity index (χ4v) is 0.834. The minimum atomic E-state index is -0.588. The Balaban J connectivity index is 2.70. The van der Waals surface area contributed by atoms with Crippen molar-refractivity contribution in [3.63, 3.8) is 0 Å². The molecule has 0 aromatic carbocycles. The highest BCUT2D eigenvalue weighted by Gasteiger charge is 2.13. The lowest BCUT2D eigenvalue weighted by Crippen LogP contribution is -2.31. The number of hydrogen-bond acceptors (Lipinski definition) is 2. The molecule has 4 nitrogen and oxygen atoms in total. The molecule has 4 heteroatoms. The lowest BCUT2D eigenvalue weighted by atomic mass is 10.2. The van der Waals surface area contributed by atoms with Crippen molar-refractivity contribution in [3.8, 4) is 0 Å². The molecule has 0 saturated carbocycles. The molecule has 60 valence electrons. The summed E-state index contributed by atoms with van der Waals surface area (Å²) in [5.74, 6) is -0.188. The van der Waals surface area contributed by atoms with Gasteiger partial charge in [0.1, 0.15) is 6.04 Å². The van der Waals surface area contributed by atoms with E-state index in [1.807, 2.05) is 0 Å². The Morgan fingerprint density at radius 3 is 3.00 bits per heavy atom. The van der Waals surface area contributed by atoms with E-state index >= 15 is 0 Å². The lowest BCUT2D eigenvalue weighted by molar-refractivity contribution is -0.122. The second kappa shape index (κ2) is 3.21. The van der Waals surface area contributed by atoms with E-state index in [0.29, 0.717) is 0 Å². The molecule has 1 rings (SSSR count). The van der Waals surface area contributed by atoms with Gasteiger partial charge in [-0.15, -0.1) is 0 Å². The molecule has 1 amide bonds. The molecule has 11 heavy (non-hydrogen) atoms. The zero-order valence-electron chi connectivity index (χ0n) is 6.29. The molecule has 0 bridgehead atoms. The Morgan fingerprint density at radius 1 is 1.82 bits per heavy atom. The van der Waals surface area contributed by atoms with Crippen molar-refractivity contribution in [3.05, 3.63) is 24.0 Å². The molecule has 1 aromatic rings. The van der Waals surface area contributed by atoms with Gasteiger partial charge in [-0.1, -0.05) is 0 Å². The van der Waals surface area contributed by atoms with Crippen LogP contribution in [0.1, 0.15) is 11.7 Å². The summed E-state index contributed by atoms with van der Waals surface area (Å²) in [6.45, 7) is 0. The maximum Gasteiger partial charge on any atom is 0.242 e. The van der Waals surface area contributed by atoms with Crippen LogP contribution in [0, 0.1) is 0 Å². The van der Waals surface area contributed by atoms with E-state index in [9.17, 15) is 4.79 Å². The minimum Gasteiger partial charge on any atom is -0.363 e. The van der Waals surface area contributed by atoms with Gasteiger partial charge >= 0.3 is 0 Å². The van der Waals surface area contributed by atoms with Gasteiger partial charge in [-0.25, -0.2) is 0 Å². The predicted octanol–water partition coefficient (Wildman–Crippen LogP) is -0.240. The second-order valence-corrected chi connectivity index (χ2v) is 2.22. The maximum atomic E-state index is 11.0. The SMILES string of the molecule is CNC(=O)C(N)c1ccc[nH]1. The summed E-state index contributed by atoms with van der Waals surface area (Å²) in [6.07, 6.45) is 1.73. The van der Waals surface area contributed by atoms with Gasteiger partial charge in [0.05, 0.1) is 0 Å². The molecule has 4 N–H and O–H groups in total. The number of aromatic amines is 1. The summed E-state index contributed by atoms with van der Waals surface area (Å²) < 4.78 is 0. The molecular formula is C7H11N3O. The van der Waals surface area contributed by atoms with Crippen LogP contribution in [-0.2, 0) is 4.79 Å². The first-order valence-corrected chi connectivity index (χ1v) is 3.36. The van der Waals surface area contributed by atoms with E-state index < -0.39 is 6.04 Å². The van der Waals surface area contributed by atoms with Gasteiger partial charge in [-0.3, -0.25) is 4.79 Å². The minimum absolute atomic E-state index is 0.188. The summed E-state index contributed by atoms with van der Waals surface area (Å²) in [7, 11) is 1.56. The number of amides is 1. The largest absolute Gasteiger partial charge is 0.363 e. The van der Waals surface area contributed by atoms with E-state index in [4.69, 9.17) is 5.73 Å². The molecule has 0 aliphatic carbocycles. The Morgan fingerprint density at radius 2 is 2.55 bits per heavy atom. The predicted molar refractivity (Wildman–Crippen MR) is 41.8 cm³/mol. The highest BCUT2D eigenvalue weighted by atomic mass is 16.2. The van der Waals surface area contributed by atoms with Crippen LogP contribution < -0.4 is 11.1 Å². The summed E-state index contributed by atoms with van der Waals surface area (Å²) in [5.41, 5.74) is 6.28. The smallest absolute Gasteiger partial charge is 0.242 e. The van der Waals surface area contributed by atoms with Crippen molar-refractivity contribution < 1.29 is 4.79 Å². The van der Waals surface area contributed by atoms with Crippen LogP contribution >= 0.6 is 0 Å². The lowest BCUT2D eigenvalue weighted by Gasteiger charge is -2.06. The Labute approximate surface area is 64.8 Å². The maximum absolute atomic E-state index is 11.0. The molecule has 0 aliphatic rings. The average molecular weight is 153 g/mol. The molecule has 1 atom stereocenters. The zero-order chi connectivity index (χ0) is 8.27. The number of likely N-dealkylation sites (N-methyl/N-ethyl adjacent to an activating group) is 1. The van der Waals surface area contributed by atoms with Gasteiger partial charge in [0.25, 0.3) is 0 Å². The first-order chi connectivity index (χ1) is 5.25. The quantitative estimate of drug-likeness (QED) is 0.548. The van der Waals surface area contributed by atoms with Crippen molar-refractivity contribution in [1.82, 2.24) is 10.3 Å². The highest BCUT2D eigenvalue weighted by molar-refractivity contribution is 5.82. The fourth-order valence-electron chi connectivity index (χ4n) is 0.834. The summed E-state index contributed by atoms with van der Waals surface area (Å²) in [5, 5.41) is 2.47. The average Bonchev–Trinajstić information content (AvgIpc) is 2.53. The molecule has 0 fully saturated rings. The second-order valence-electron chi connectivity index (χ2n) is 2.22. The van der Waals surface area contributed by atoms with E-state index in [0.717, 1.165) is 5.69 Å². The van der Waals surface area contributed by atoms with Crippen LogP contribution in [0.5, 0.6) is 0 Å². The van der Waals surface area contributed by atoms with Gasteiger partial charge in [0, 0.05) is 18.9 Å². The van der Waals surface area contributed by atoms with Crippen molar-refractivity contribution in [2.75, 3.05) is 7.05 Å². The first kappa shape index (κ1) is 7.81. The number of carbonyl (C=O) groups is 1. The molecule has 1 unspecified atom stereocenters. The zero-order valence-corrected chi connectivity index (χ0v) is 6.29. The van der Waals surface area contributed by atoms with Gasteiger partial charge in [0.2, 0.25) is 5.91 Å². The summed E-state index contributed by atoms with van der Waals surface area (Å²) >= 11 is 0. The number of hydrogen-bond donors (Lipinski definition) is 3. The van der Waals surface area contributed by atoms with Gasteiger partial charge in [-0.05, 0) is 12.1 Å². The van der Waals surface area contributed by atoms with Crippen LogP contribution in [0.2, 0.25) is 0 Å². The third-order valence-electron chi connectivity index (χ3n) is 1.49. The fraction of sp³-hybridized carbons (Fsp3) is 0.286. The van der Waals surface area contributed by atoms with E-state index in [2.05, 4.69) is 10.3 Å². The molecular weight excluding hydrogens is 142 g/mol. The van der Waals surface area contributed by atoms with Crippen LogP contribution in [0.3, 0.4) is 0 Å². The Kier molecular flexibility index (Phi) is 2.28. The number of nitrogens with two attached hydrogens (primary N) is 1. The van der Waals surface area contributed by atoms with Crippen LogP contribution in [-0.4, -0.2) is 17.9 Å². The third kappa shape index (κ3) is 1.59. The molecule has 1 aromatic heterocycles. The number of carbonyl (C=O) groups excluding carboxylic acids is 1. The summed E-state index contributed by atoms with van der Waals surface area (Å²) in [4.78, 5) is 13.8. The topological polar surface area (TPSA) is 70.9 Å². The van der Waals surface area contributed by atoms with Crippen molar-refractivity contribution in [2.24, 2.45) is 5.73 Å². The molecule has 0 saturated heterocycles. The van der Waals surface area contributed by atoms with Crippen molar-refractivity contribution in [1.29, 1.82) is 0 Å². The van der Waals surface area contributed by atoms with Crippen molar-refractivity contribution >= 4 is 5.91 Å². The third-order valence-corrected chi connectivity index (χ3v) is 1.49. The van der Waals surface area contributed by atoms with Gasteiger partial charge < -0.3 is 16.0 Å². The van der Waals surface area contributed by atoms with Crippen LogP contribution in [0.15, 0.2) is 18.3 Å². The number of H-pyrrole nitrogens is 1. The van der Waals surface area contributed by atoms with Crippen molar-refractivity contribution in [2.45, 2.75) is 6.04 Å². The Hall–Kier alpha value is -1.29. The number of aromatic nitrogens is 1. The van der Waals surface area contributed by atoms with Crippen LogP contribution in [0.25, 0.3) is 0 Å². The Bertz CT molecular complexity index is 230. The number of rotatable bonds is 2. The normalized spacial score (nSPS) is 12.5. The van der Waals surface area contributed by atoms with E-state index in [-0.39, 0.29) is 5.91 Å². The van der Waals surface area contributed by atoms with Crippen LogP contribution in [0.4, 0.5) is 0 Å². The molecule has 1 heterocycles. The standard InChI is InChI=1S/C7H11N3O/c1-9-7(11)6(8)5-3-2-4-10-5/h2-4,6,10H,8H2,1H3,(H,9,11). The van der Waals surface area contributed by atoms with Gasteiger partial charge in [-0.2, -0.15) is 0 Å². The van der Waals surface area contributed by atoms with E-state index in [1.165, 1.54) is 0 Å². The van der Waals surface area contributed by atoms with E-state index in [1.54, 1.807) is 25.4 Å².